The number of rotatable bonds is 1. The molecule has 5 heteroatoms. The Morgan fingerprint density at radius 1 is 1.17 bits per heavy atom. The van der Waals surface area contributed by atoms with Crippen LogP contribution in [0.15, 0.2) is 5.16 Å². The Morgan fingerprint density at radius 3 is 2.22 bits per heavy atom. The number of amides is 1. The Kier molecular flexibility index (Phi) is 2.62. The van der Waals surface area contributed by atoms with Gasteiger partial charge in [0.05, 0.1) is 12.5 Å². The number of hydrogen-bond donors (Lipinski definition) is 1. The Labute approximate surface area is 107 Å². The number of hydrogen-bond acceptors (Lipinski definition) is 4. The van der Waals surface area contributed by atoms with E-state index in [0.29, 0.717) is 5.71 Å². The summed E-state index contributed by atoms with van der Waals surface area (Å²) < 4.78 is 0. The summed E-state index contributed by atoms with van der Waals surface area (Å²) in [4.78, 5) is 18.1. The number of nitrogens with zero attached hydrogens (tertiary/aromatic N) is 2. The molecule has 0 aromatic rings. The van der Waals surface area contributed by atoms with Crippen molar-refractivity contribution in [1.29, 1.82) is 0 Å². The predicted octanol–water partition coefficient (Wildman–Crippen LogP) is 2.09. The van der Waals surface area contributed by atoms with Crippen LogP contribution >= 0.6 is 0 Å². The van der Waals surface area contributed by atoms with E-state index in [2.05, 4.69) is 5.16 Å². The van der Waals surface area contributed by atoms with E-state index in [-0.39, 0.29) is 5.91 Å². The summed E-state index contributed by atoms with van der Waals surface area (Å²) in [5.41, 5.74) is -0.364. The van der Waals surface area contributed by atoms with Crippen LogP contribution in [0.4, 0.5) is 0 Å². The number of hydroxylamine groups is 2. The molecule has 0 aromatic heterocycles. The van der Waals surface area contributed by atoms with Crippen LogP contribution in [-0.2, 0) is 9.63 Å². The van der Waals surface area contributed by atoms with Crippen LogP contribution in [0.3, 0.4) is 0 Å². The van der Waals surface area contributed by atoms with E-state index < -0.39 is 11.0 Å². The number of carbonyl (C=O) groups is 1. The highest BCUT2D eigenvalue weighted by molar-refractivity contribution is 6.19. The quantitative estimate of drug-likeness (QED) is 0.574. The van der Waals surface area contributed by atoms with Gasteiger partial charge in [-0.05, 0) is 25.7 Å². The molecule has 0 bridgehead atoms. The second-order valence-electron chi connectivity index (χ2n) is 5.76. The van der Waals surface area contributed by atoms with E-state index >= 15 is 0 Å². The van der Waals surface area contributed by atoms with Gasteiger partial charge in [-0.1, -0.05) is 30.8 Å². The summed E-state index contributed by atoms with van der Waals surface area (Å²) in [6.45, 7) is 0. The van der Waals surface area contributed by atoms with Crippen LogP contribution in [0.25, 0.3) is 0 Å². The zero-order valence-corrected chi connectivity index (χ0v) is 10.8. The van der Waals surface area contributed by atoms with Crippen molar-refractivity contribution in [3.63, 3.8) is 0 Å². The smallest absolute Gasteiger partial charge is 0.259 e. The van der Waals surface area contributed by atoms with Gasteiger partial charge in [0, 0.05) is 0 Å². The lowest BCUT2D eigenvalue weighted by molar-refractivity contribution is -0.194. The van der Waals surface area contributed by atoms with Gasteiger partial charge in [0.25, 0.3) is 5.91 Å². The lowest BCUT2D eigenvalue weighted by atomic mass is 9.76. The third kappa shape index (κ3) is 1.20. The summed E-state index contributed by atoms with van der Waals surface area (Å²) in [7, 11) is 1.54. The molecule has 1 saturated heterocycles. The molecule has 0 radical (unpaired) electrons. The highest BCUT2D eigenvalue weighted by Gasteiger charge is 2.66. The number of oxime groups is 1. The lowest BCUT2D eigenvalue weighted by Crippen LogP contribution is -2.47. The van der Waals surface area contributed by atoms with Crippen LogP contribution in [0.5, 0.6) is 0 Å². The number of carbonyl (C=O) groups excluding carboxylic acids is 1. The minimum atomic E-state index is -0.574. The van der Waals surface area contributed by atoms with Crippen molar-refractivity contribution < 1.29 is 14.8 Å². The van der Waals surface area contributed by atoms with E-state index in [1.807, 2.05) is 0 Å². The van der Waals surface area contributed by atoms with Crippen molar-refractivity contribution in [1.82, 2.24) is 5.06 Å². The molecule has 1 amide bonds. The minimum Gasteiger partial charge on any atom is -0.411 e. The molecule has 2 saturated carbocycles. The monoisotopic (exact) mass is 252 g/mol. The molecule has 2 spiro atoms. The van der Waals surface area contributed by atoms with Gasteiger partial charge in [-0.15, -0.1) is 0 Å². The molecule has 1 N–H and O–H groups in total. The van der Waals surface area contributed by atoms with E-state index in [9.17, 15) is 10.0 Å². The third-order valence-corrected chi connectivity index (χ3v) is 5.05. The SMILES string of the molecule is CON1C(=O)C2(CCCC2)C(=NO)C12CCCC2. The van der Waals surface area contributed by atoms with Crippen LogP contribution < -0.4 is 0 Å². The summed E-state index contributed by atoms with van der Waals surface area (Å²) in [5.74, 6) is 0.0113. The highest BCUT2D eigenvalue weighted by atomic mass is 16.7. The van der Waals surface area contributed by atoms with Crippen molar-refractivity contribution in [2.75, 3.05) is 7.11 Å². The molecule has 1 heterocycles. The third-order valence-electron chi connectivity index (χ3n) is 5.05. The first-order valence-electron chi connectivity index (χ1n) is 6.83. The molecule has 0 atom stereocenters. The fourth-order valence-electron chi connectivity index (χ4n) is 4.31. The van der Waals surface area contributed by atoms with Crippen molar-refractivity contribution >= 4 is 11.6 Å². The van der Waals surface area contributed by atoms with Gasteiger partial charge in [0.15, 0.2) is 0 Å². The van der Waals surface area contributed by atoms with Crippen molar-refractivity contribution in [3.8, 4) is 0 Å². The van der Waals surface area contributed by atoms with Gasteiger partial charge >= 0.3 is 0 Å². The van der Waals surface area contributed by atoms with Crippen molar-refractivity contribution in [2.45, 2.75) is 56.9 Å². The first-order valence-corrected chi connectivity index (χ1v) is 6.83. The van der Waals surface area contributed by atoms with Gasteiger partial charge in [0.2, 0.25) is 0 Å². The Balaban J connectivity index is 2.12. The maximum absolute atomic E-state index is 12.7. The van der Waals surface area contributed by atoms with E-state index in [1.54, 1.807) is 7.11 Å². The van der Waals surface area contributed by atoms with Gasteiger partial charge < -0.3 is 5.21 Å². The summed E-state index contributed by atoms with van der Waals surface area (Å²) in [6, 6.07) is 0. The molecule has 0 aromatic carbocycles. The van der Waals surface area contributed by atoms with Gasteiger partial charge in [-0.3, -0.25) is 9.63 Å². The molecule has 3 fully saturated rings. The van der Waals surface area contributed by atoms with Crippen LogP contribution in [-0.4, -0.2) is 34.5 Å². The Hall–Kier alpha value is -1.10. The van der Waals surface area contributed by atoms with E-state index in [0.717, 1.165) is 51.4 Å². The Morgan fingerprint density at radius 2 is 1.72 bits per heavy atom. The molecular weight excluding hydrogens is 232 g/mol. The zero-order valence-electron chi connectivity index (χ0n) is 10.8. The normalized spacial score (nSPS) is 31.3. The average molecular weight is 252 g/mol. The van der Waals surface area contributed by atoms with Crippen LogP contribution in [0.2, 0.25) is 0 Å². The van der Waals surface area contributed by atoms with Gasteiger partial charge in [-0.2, -0.15) is 0 Å². The minimum absolute atomic E-state index is 0.0113. The first kappa shape index (κ1) is 12.0. The molecule has 0 unspecified atom stereocenters. The standard InChI is InChI=1S/C13H20N2O3/c1-18-15-11(16)12(6-2-3-7-12)10(14-17)13(15)8-4-5-9-13/h17H,2-9H2,1H3. The second kappa shape index (κ2) is 3.95. The van der Waals surface area contributed by atoms with Crippen LogP contribution in [0, 0.1) is 5.41 Å². The van der Waals surface area contributed by atoms with Gasteiger partial charge in [-0.25, -0.2) is 5.06 Å². The molecule has 1 aliphatic heterocycles. The topological polar surface area (TPSA) is 62.1 Å². The lowest BCUT2D eigenvalue weighted by Gasteiger charge is -2.32. The Bertz CT molecular complexity index is 393. The average Bonchev–Trinajstić information content (AvgIpc) is 3.05. The fraction of sp³-hybridized carbons (Fsp3) is 0.846. The van der Waals surface area contributed by atoms with E-state index in [4.69, 9.17) is 4.84 Å². The highest BCUT2D eigenvalue weighted by Crippen LogP contribution is 2.55. The molecule has 5 nitrogen and oxygen atoms in total. The maximum Gasteiger partial charge on any atom is 0.259 e. The zero-order chi connectivity index (χ0) is 12.8. The first-order chi connectivity index (χ1) is 8.71. The largest absolute Gasteiger partial charge is 0.411 e. The predicted molar refractivity (Wildman–Crippen MR) is 65.2 cm³/mol. The molecule has 2 aliphatic carbocycles. The van der Waals surface area contributed by atoms with Crippen molar-refractivity contribution in [2.24, 2.45) is 10.6 Å². The molecule has 18 heavy (non-hydrogen) atoms. The fourth-order valence-corrected chi connectivity index (χ4v) is 4.31. The maximum atomic E-state index is 12.7. The molecule has 3 rings (SSSR count). The van der Waals surface area contributed by atoms with E-state index in [1.165, 1.54) is 5.06 Å². The molecule has 100 valence electrons. The summed E-state index contributed by atoms with van der Waals surface area (Å²) >= 11 is 0. The molecular formula is C13H20N2O3. The summed E-state index contributed by atoms with van der Waals surface area (Å²) in [5, 5.41) is 14.6. The second-order valence-corrected chi connectivity index (χ2v) is 5.76. The van der Waals surface area contributed by atoms with Crippen LogP contribution in [0.1, 0.15) is 51.4 Å². The van der Waals surface area contributed by atoms with Gasteiger partial charge in [0.1, 0.15) is 11.3 Å². The summed E-state index contributed by atoms with van der Waals surface area (Å²) in [6.07, 6.45) is 7.47. The molecule has 3 aliphatic rings. The van der Waals surface area contributed by atoms with Crippen molar-refractivity contribution in [3.05, 3.63) is 0 Å².